The quantitative estimate of drug-likeness (QED) is 0.646. The maximum Gasteiger partial charge on any atom is 0.343 e. The minimum Gasteiger partial charge on any atom is -0.433 e. The number of rotatable bonds is 1. The number of carbonyl (C=O) groups excluding carboxylic acids is 1. The fourth-order valence-corrected chi connectivity index (χ4v) is 1.13. The molecule has 0 amide bonds. The Morgan fingerprint density at radius 3 is 2.21 bits per heavy atom. The Morgan fingerprint density at radius 1 is 1.50 bits per heavy atom. The first kappa shape index (κ1) is 11.5. The van der Waals surface area contributed by atoms with Gasteiger partial charge < -0.3 is 14.6 Å². The van der Waals surface area contributed by atoms with Gasteiger partial charge in [-0.2, -0.15) is 0 Å². The Balaban J connectivity index is 2.84. The Hall–Kier alpha value is -0.610. The van der Waals surface area contributed by atoms with Crippen LogP contribution in [0.5, 0.6) is 0 Å². The molecule has 1 aliphatic rings. The maximum absolute atomic E-state index is 11.5. The van der Waals surface area contributed by atoms with Gasteiger partial charge >= 0.3 is 5.97 Å². The number of hydrogen-bond acceptors (Lipinski definition) is 4. The number of esters is 1. The summed E-state index contributed by atoms with van der Waals surface area (Å²) in [7, 11) is 0. The second kappa shape index (κ2) is 3.21. The highest BCUT2D eigenvalue weighted by molar-refractivity contribution is 5.81. The summed E-state index contributed by atoms with van der Waals surface area (Å²) in [5.74, 6) is -0.493. The molecular formula is C10H18O4. The van der Waals surface area contributed by atoms with E-state index in [1.807, 2.05) is 20.8 Å². The van der Waals surface area contributed by atoms with Crippen molar-refractivity contribution in [2.75, 3.05) is 0 Å². The van der Waals surface area contributed by atoms with Crippen LogP contribution >= 0.6 is 0 Å². The van der Waals surface area contributed by atoms with Crippen molar-refractivity contribution in [2.45, 2.75) is 52.6 Å². The molecule has 0 radical (unpaired) electrons. The van der Waals surface area contributed by atoms with Crippen LogP contribution < -0.4 is 0 Å². The Kier molecular flexibility index (Phi) is 2.63. The first-order chi connectivity index (χ1) is 6.18. The molecule has 4 nitrogen and oxygen atoms in total. The van der Waals surface area contributed by atoms with Crippen LogP contribution in [0.4, 0.5) is 0 Å². The van der Waals surface area contributed by atoms with Crippen molar-refractivity contribution in [3.8, 4) is 0 Å². The molecule has 1 fully saturated rings. The standard InChI is InChI=1S/C10H18O4/c1-6(11)10(5)7(12)13-8(14-10)9(2,3)4/h6,8,11H,1-5H3. The molecule has 3 unspecified atom stereocenters. The molecule has 4 heteroatoms. The zero-order chi connectivity index (χ0) is 11.1. The summed E-state index contributed by atoms with van der Waals surface area (Å²) in [6.07, 6.45) is -1.46. The molecule has 0 bridgehead atoms. The highest BCUT2D eigenvalue weighted by Crippen LogP contribution is 2.36. The van der Waals surface area contributed by atoms with Crippen molar-refractivity contribution in [2.24, 2.45) is 5.41 Å². The van der Waals surface area contributed by atoms with Gasteiger partial charge in [-0.25, -0.2) is 4.79 Å². The van der Waals surface area contributed by atoms with E-state index < -0.39 is 24.0 Å². The second-order valence-electron chi connectivity index (χ2n) is 5.00. The van der Waals surface area contributed by atoms with Crippen molar-refractivity contribution in [3.63, 3.8) is 0 Å². The number of ether oxygens (including phenoxy) is 2. The molecule has 0 aliphatic carbocycles. The van der Waals surface area contributed by atoms with Crippen LogP contribution in [0.1, 0.15) is 34.6 Å². The molecule has 1 saturated heterocycles. The van der Waals surface area contributed by atoms with Crippen molar-refractivity contribution < 1.29 is 19.4 Å². The van der Waals surface area contributed by atoms with E-state index in [9.17, 15) is 9.90 Å². The average Bonchev–Trinajstić information content (AvgIpc) is 2.28. The smallest absolute Gasteiger partial charge is 0.343 e. The number of hydrogen-bond donors (Lipinski definition) is 1. The number of aliphatic hydroxyl groups excluding tert-OH is 1. The Morgan fingerprint density at radius 2 is 2.00 bits per heavy atom. The molecule has 1 aliphatic heterocycles. The van der Waals surface area contributed by atoms with E-state index in [1.165, 1.54) is 6.92 Å². The monoisotopic (exact) mass is 202 g/mol. The SMILES string of the molecule is CC(O)C1(C)OC(C(C)(C)C)OC1=O. The van der Waals surface area contributed by atoms with Crippen LogP contribution in [-0.4, -0.2) is 29.1 Å². The molecule has 0 saturated carbocycles. The first-order valence-electron chi connectivity index (χ1n) is 4.75. The predicted octanol–water partition coefficient (Wildman–Crippen LogP) is 1.07. The van der Waals surface area contributed by atoms with Crippen molar-refractivity contribution in [1.82, 2.24) is 0 Å². The summed E-state index contributed by atoms with van der Waals surface area (Å²) < 4.78 is 10.5. The van der Waals surface area contributed by atoms with Crippen LogP contribution in [0.15, 0.2) is 0 Å². The minimum absolute atomic E-state index is 0.275. The van der Waals surface area contributed by atoms with Crippen LogP contribution in [-0.2, 0) is 14.3 Å². The third-order valence-electron chi connectivity index (χ3n) is 2.48. The second-order valence-corrected chi connectivity index (χ2v) is 5.00. The van der Waals surface area contributed by atoms with Crippen molar-refractivity contribution in [3.05, 3.63) is 0 Å². The van der Waals surface area contributed by atoms with Gasteiger partial charge in [-0.1, -0.05) is 20.8 Å². The van der Waals surface area contributed by atoms with Crippen LogP contribution in [0.3, 0.4) is 0 Å². The molecule has 0 aromatic carbocycles. The molecule has 3 atom stereocenters. The fourth-order valence-electron chi connectivity index (χ4n) is 1.13. The molecule has 82 valence electrons. The molecular weight excluding hydrogens is 184 g/mol. The third-order valence-corrected chi connectivity index (χ3v) is 2.48. The van der Waals surface area contributed by atoms with Gasteiger partial charge in [0.2, 0.25) is 6.29 Å². The zero-order valence-corrected chi connectivity index (χ0v) is 9.33. The van der Waals surface area contributed by atoms with E-state index in [-0.39, 0.29) is 5.41 Å². The normalized spacial score (nSPS) is 35.6. The van der Waals surface area contributed by atoms with Gasteiger partial charge in [-0.05, 0) is 13.8 Å². The van der Waals surface area contributed by atoms with Gasteiger partial charge in [0.1, 0.15) is 0 Å². The van der Waals surface area contributed by atoms with E-state index in [2.05, 4.69) is 0 Å². The van der Waals surface area contributed by atoms with Gasteiger partial charge in [-0.3, -0.25) is 0 Å². The summed E-state index contributed by atoms with van der Waals surface area (Å²) in [5, 5.41) is 9.44. The van der Waals surface area contributed by atoms with E-state index in [0.717, 1.165) is 0 Å². The van der Waals surface area contributed by atoms with E-state index in [0.29, 0.717) is 0 Å². The van der Waals surface area contributed by atoms with Gasteiger partial charge in [0.25, 0.3) is 0 Å². The summed E-state index contributed by atoms with van der Waals surface area (Å²) in [4.78, 5) is 11.5. The lowest BCUT2D eigenvalue weighted by Crippen LogP contribution is -2.44. The molecule has 1 heterocycles. The van der Waals surface area contributed by atoms with E-state index >= 15 is 0 Å². The van der Waals surface area contributed by atoms with Gasteiger partial charge in [0, 0.05) is 5.41 Å². The average molecular weight is 202 g/mol. The topological polar surface area (TPSA) is 55.8 Å². The number of cyclic esters (lactones) is 1. The summed E-state index contributed by atoms with van der Waals surface area (Å²) in [5.41, 5.74) is -1.50. The van der Waals surface area contributed by atoms with Gasteiger partial charge in [0.05, 0.1) is 6.10 Å². The molecule has 0 aromatic rings. The molecule has 0 aromatic heterocycles. The van der Waals surface area contributed by atoms with Crippen molar-refractivity contribution >= 4 is 5.97 Å². The van der Waals surface area contributed by atoms with Crippen LogP contribution in [0.25, 0.3) is 0 Å². The highest BCUT2D eigenvalue weighted by Gasteiger charge is 2.53. The lowest BCUT2D eigenvalue weighted by atomic mass is 9.96. The first-order valence-corrected chi connectivity index (χ1v) is 4.75. The maximum atomic E-state index is 11.5. The highest BCUT2D eigenvalue weighted by atomic mass is 16.8. The largest absolute Gasteiger partial charge is 0.433 e. The molecule has 1 rings (SSSR count). The molecule has 1 N–H and O–H groups in total. The zero-order valence-electron chi connectivity index (χ0n) is 9.33. The fraction of sp³-hybridized carbons (Fsp3) is 0.900. The van der Waals surface area contributed by atoms with Gasteiger partial charge in [0.15, 0.2) is 5.60 Å². The summed E-state index contributed by atoms with van der Waals surface area (Å²) >= 11 is 0. The van der Waals surface area contributed by atoms with Crippen molar-refractivity contribution in [1.29, 1.82) is 0 Å². The van der Waals surface area contributed by atoms with E-state index in [1.54, 1.807) is 6.92 Å². The lowest BCUT2D eigenvalue weighted by molar-refractivity contribution is -0.162. The van der Waals surface area contributed by atoms with E-state index in [4.69, 9.17) is 9.47 Å². The molecule has 0 spiro atoms. The Bertz CT molecular complexity index is 241. The van der Waals surface area contributed by atoms with Crippen LogP contribution in [0.2, 0.25) is 0 Å². The summed E-state index contributed by atoms with van der Waals surface area (Å²) in [6.45, 7) is 8.81. The number of carbonyl (C=O) groups is 1. The summed E-state index contributed by atoms with van der Waals surface area (Å²) in [6, 6.07) is 0. The van der Waals surface area contributed by atoms with Crippen LogP contribution in [0, 0.1) is 5.41 Å². The predicted molar refractivity (Wildman–Crippen MR) is 50.5 cm³/mol. The lowest BCUT2D eigenvalue weighted by Gasteiger charge is -2.27. The van der Waals surface area contributed by atoms with Gasteiger partial charge in [-0.15, -0.1) is 0 Å². The Labute approximate surface area is 84.2 Å². The minimum atomic E-state index is -1.22. The third kappa shape index (κ3) is 1.77. The number of aliphatic hydroxyl groups is 1. The molecule has 14 heavy (non-hydrogen) atoms.